The van der Waals surface area contributed by atoms with E-state index in [-0.39, 0.29) is 64.2 Å². The van der Waals surface area contributed by atoms with Crippen LogP contribution < -0.4 is 60.9 Å². The van der Waals surface area contributed by atoms with Gasteiger partial charge in [0.05, 0.1) is 31.0 Å². The van der Waals surface area contributed by atoms with Crippen LogP contribution >= 0.6 is 23.1 Å². The van der Waals surface area contributed by atoms with Crippen LogP contribution in [0.25, 0.3) is 16.3 Å². The molecule has 0 bridgehead atoms. The van der Waals surface area contributed by atoms with E-state index >= 15 is 0 Å². The molecule has 206 valence electrons. The minimum atomic E-state index is -4.25. The molecule has 1 aromatic heterocycles. The van der Waals surface area contributed by atoms with Crippen molar-refractivity contribution in [2.24, 2.45) is 0 Å². The first-order valence-electron chi connectivity index (χ1n) is 12.2. The van der Waals surface area contributed by atoms with Crippen LogP contribution in [0, 0.1) is 0 Å². The Morgan fingerprint density at radius 1 is 0.825 bits per heavy atom. The second-order valence-electron chi connectivity index (χ2n) is 8.65. The molecule has 0 N–H and O–H groups in total. The number of anilines is 1. The van der Waals surface area contributed by atoms with Gasteiger partial charge < -0.3 is 14.0 Å². The zero-order valence-electron chi connectivity index (χ0n) is 21.9. The van der Waals surface area contributed by atoms with E-state index < -0.39 is 31.7 Å². The standard InChI is InChI=1S/C27H28N2O6S4.K/c30-38(31,32)20-10-18-28-22-12-6-8-14-24(22)36-26(28)16-4-2-1-3-5-17-27-29(19-11-21-39(33,34)35)23-13-7-9-15-25(23)37-27;/h1-9,12-17H,10-11,18-21H2,(H-,30,31,32,33,34,35);/q;+1/p-1. The van der Waals surface area contributed by atoms with E-state index in [4.69, 9.17) is 0 Å². The van der Waals surface area contributed by atoms with E-state index in [0.29, 0.717) is 13.1 Å². The maximum Gasteiger partial charge on any atom is 1.00 e. The van der Waals surface area contributed by atoms with Crippen molar-refractivity contribution < 1.29 is 81.9 Å². The number of hydrogen-bond acceptors (Lipinski definition) is 9. The number of benzene rings is 2. The van der Waals surface area contributed by atoms with E-state index in [1.165, 1.54) is 0 Å². The van der Waals surface area contributed by atoms with Crippen molar-refractivity contribution >= 4 is 65.3 Å². The fourth-order valence-corrected chi connectivity index (χ4v) is 7.25. The Labute approximate surface area is 286 Å². The summed E-state index contributed by atoms with van der Waals surface area (Å²) in [7, 11) is -8.50. The van der Waals surface area contributed by atoms with Crippen molar-refractivity contribution in [2.75, 3.05) is 23.0 Å². The van der Waals surface area contributed by atoms with Crippen LogP contribution in [0.4, 0.5) is 5.69 Å². The maximum absolute atomic E-state index is 11.0. The molecule has 1 aliphatic rings. The van der Waals surface area contributed by atoms with Crippen LogP contribution in [0.2, 0.25) is 0 Å². The summed E-state index contributed by atoms with van der Waals surface area (Å²) in [6, 6.07) is 15.7. The first-order chi connectivity index (χ1) is 18.6. The molecule has 0 amide bonds. The molecule has 0 aliphatic carbocycles. The van der Waals surface area contributed by atoms with Crippen molar-refractivity contribution in [1.82, 2.24) is 0 Å². The average Bonchev–Trinajstić information content (AvgIpc) is 3.40. The fraction of sp³-hybridized carbons (Fsp3) is 0.222. The topological polar surface area (TPSA) is 122 Å². The summed E-state index contributed by atoms with van der Waals surface area (Å²) in [4.78, 5) is 3.10. The van der Waals surface area contributed by atoms with Gasteiger partial charge in [-0.1, -0.05) is 77.7 Å². The van der Waals surface area contributed by atoms with E-state index in [2.05, 4.69) is 0 Å². The molecular weight excluding hydrogens is 616 g/mol. The van der Waals surface area contributed by atoms with Crippen molar-refractivity contribution in [3.05, 3.63) is 95.0 Å². The summed E-state index contributed by atoms with van der Waals surface area (Å²) >= 11 is 3.18. The summed E-state index contributed by atoms with van der Waals surface area (Å²) in [5, 5.41) is 1.90. The molecule has 4 rings (SSSR count). The summed E-state index contributed by atoms with van der Waals surface area (Å²) in [5.74, 6) is -0.794. The molecule has 1 aliphatic heterocycles. The van der Waals surface area contributed by atoms with Gasteiger partial charge in [-0.25, -0.2) is 16.8 Å². The van der Waals surface area contributed by atoms with Gasteiger partial charge >= 0.3 is 51.4 Å². The van der Waals surface area contributed by atoms with Gasteiger partial charge in [-0.3, -0.25) is 0 Å². The molecule has 8 nitrogen and oxygen atoms in total. The number of thioether (sulfide) groups is 1. The number of hydrogen-bond donors (Lipinski definition) is 0. The smallest absolute Gasteiger partial charge is 0.748 e. The van der Waals surface area contributed by atoms with Crippen molar-refractivity contribution in [3.63, 3.8) is 0 Å². The first kappa shape index (κ1) is 33.4. The van der Waals surface area contributed by atoms with Gasteiger partial charge in [0.15, 0.2) is 6.54 Å². The van der Waals surface area contributed by atoms with Crippen molar-refractivity contribution in [2.45, 2.75) is 24.3 Å². The van der Waals surface area contributed by atoms with E-state index in [1.54, 1.807) is 23.1 Å². The molecule has 2 aromatic carbocycles. The Morgan fingerprint density at radius 2 is 1.48 bits per heavy atom. The Kier molecular flexibility index (Phi) is 12.9. The SMILES string of the molecule is O=S(=O)([O-])CCCN1C(=CC=CC=CC=Cc2sc3ccccc3[n+]2CCCS(=O)(=O)[O-])Sc2ccccc21.[K+]. The Hall–Kier alpha value is -1.10. The fourth-order valence-electron chi connectivity index (χ4n) is 4.08. The van der Waals surface area contributed by atoms with Gasteiger partial charge in [-0.05, 0) is 30.7 Å². The third-order valence-electron chi connectivity index (χ3n) is 5.75. The second kappa shape index (κ2) is 15.4. The van der Waals surface area contributed by atoms with Crippen LogP contribution in [0.3, 0.4) is 0 Å². The Bertz CT molecular complexity index is 1660. The van der Waals surface area contributed by atoms with Crippen LogP contribution in [0.15, 0.2) is 94.9 Å². The molecule has 0 saturated carbocycles. The number of nitrogens with zero attached hydrogens (tertiary/aromatic N) is 2. The average molecular weight is 643 g/mol. The minimum absolute atomic E-state index is 0. The number of allylic oxidation sites excluding steroid dienone is 6. The molecule has 0 unspecified atom stereocenters. The van der Waals surface area contributed by atoms with E-state index in [9.17, 15) is 25.9 Å². The molecule has 0 radical (unpaired) electrons. The first-order valence-corrected chi connectivity index (χ1v) is 16.9. The van der Waals surface area contributed by atoms with Gasteiger partial charge in [0, 0.05) is 41.5 Å². The molecule has 40 heavy (non-hydrogen) atoms. The van der Waals surface area contributed by atoms with Crippen molar-refractivity contribution in [1.29, 1.82) is 0 Å². The predicted octanol–water partition coefficient (Wildman–Crippen LogP) is 1.64. The number of fused-ring (bicyclic) bond motifs is 2. The molecule has 2 heterocycles. The van der Waals surface area contributed by atoms with Crippen LogP contribution in [0.5, 0.6) is 0 Å². The second-order valence-corrected chi connectivity index (χ2v) is 13.8. The Morgan fingerprint density at radius 3 is 2.25 bits per heavy atom. The zero-order chi connectivity index (χ0) is 27.9. The van der Waals surface area contributed by atoms with E-state index in [1.807, 2.05) is 101 Å². The quantitative estimate of drug-likeness (QED) is 0.127. The number of aryl methyl sites for hydroxylation is 1. The third kappa shape index (κ3) is 10.0. The minimum Gasteiger partial charge on any atom is -0.748 e. The monoisotopic (exact) mass is 642 g/mol. The molecule has 13 heteroatoms. The van der Waals surface area contributed by atoms with Gasteiger partial charge in [-0.15, -0.1) is 0 Å². The molecule has 0 fully saturated rings. The zero-order valence-corrected chi connectivity index (χ0v) is 28.3. The number of thiazole rings is 1. The molecule has 3 aromatic rings. The van der Waals surface area contributed by atoms with Gasteiger partial charge in [0.1, 0.15) is 4.70 Å². The molecule has 0 spiro atoms. The van der Waals surface area contributed by atoms with Crippen LogP contribution in [-0.4, -0.2) is 44.0 Å². The van der Waals surface area contributed by atoms with Gasteiger partial charge in [0.25, 0.3) is 5.01 Å². The van der Waals surface area contributed by atoms with Crippen LogP contribution in [0.1, 0.15) is 17.8 Å². The maximum atomic E-state index is 11.0. The molecular formula is C27H27KN2O6S4. The van der Waals surface area contributed by atoms with Gasteiger partial charge in [0.2, 0.25) is 5.52 Å². The number of para-hydroxylation sites is 2. The number of aromatic nitrogens is 1. The summed E-state index contributed by atoms with van der Waals surface area (Å²) in [6.07, 6.45) is 13.9. The molecule has 0 atom stereocenters. The summed E-state index contributed by atoms with van der Waals surface area (Å²) in [5.41, 5.74) is 1.99. The summed E-state index contributed by atoms with van der Waals surface area (Å²) in [6.45, 7) is 0.860. The molecule has 0 saturated heterocycles. The number of rotatable bonds is 12. The predicted molar refractivity (Wildman–Crippen MR) is 155 cm³/mol. The largest absolute Gasteiger partial charge is 1.00 e. The van der Waals surface area contributed by atoms with Crippen LogP contribution in [-0.2, 0) is 26.8 Å². The Balaban J connectivity index is 0.00000441. The van der Waals surface area contributed by atoms with Crippen molar-refractivity contribution in [3.8, 4) is 0 Å². The van der Waals surface area contributed by atoms with E-state index in [0.717, 1.165) is 30.8 Å². The third-order valence-corrected chi connectivity index (χ3v) is 9.59. The summed E-state index contributed by atoms with van der Waals surface area (Å²) < 4.78 is 69.2. The normalized spacial score (nSPS) is 15.2. The van der Waals surface area contributed by atoms with Gasteiger partial charge in [-0.2, -0.15) is 4.57 Å².